The number of nitriles is 1. The number of benzene rings is 1. The highest BCUT2D eigenvalue weighted by atomic mass is 79.9. The monoisotopic (exact) mass is 343 g/mol. The van der Waals surface area contributed by atoms with E-state index in [2.05, 4.69) is 21.0 Å². The molecule has 2 rings (SSSR count). The molecule has 0 radical (unpaired) electrons. The first-order valence-corrected chi connectivity index (χ1v) is 6.51. The van der Waals surface area contributed by atoms with Crippen molar-refractivity contribution in [3.63, 3.8) is 0 Å². The van der Waals surface area contributed by atoms with E-state index in [1.165, 1.54) is 16.9 Å². The van der Waals surface area contributed by atoms with Crippen molar-refractivity contribution in [3.8, 4) is 17.2 Å². The molecular formula is C13H9BrF3N3. The molecule has 20 heavy (non-hydrogen) atoms. The van der Waals surface area contributed by atoms with Gasteiger partial charge in [0.2, 0.25) is 0 Å². The minimum absolute atomic E-state index is 0.0941. The molecule has 0 aliphatic carbocycles. The van der Waals surface area contributed by atoms with Gasteiger partial charge in [0, 0.05) is 28.3 Å². The number of nitrogens with zero attached hydrogens (tertiary/aromatic N) is 3. The number of hydrogen-bond acceptors (Lipinski definition) is 2. The summed E-state index contributed by atoms with van der Waals surface area (Å²) in [7, 11) is 0. The summed E-state index contributed by atoms with van der Waals surface area (Å²) in [6.07, 6.45) is -3.26. The van der Waals surface area contributed by atoms with Crippen LogP contribution in [0, 0.1) is 11.3 Å². The smallest absolute Gasteiger partial charge is 0.272 e. The maximum absolute atomic E-state index is 13.1. The molecule has 2 aromatic rings. The lowest BCUT2D eigenvalue weighted by atomic mass is 10.0. The summed E-state index contributed by atoms with van der Waals surface area (Å²) in [4.78, 5) is 0. The molecule has 0 N–H and O–H groups in total. The SMILES string of the molecule is CCn1cc(-c2c(Br)cccc2C#N)c(C(F)(F)F)n1. The number of aryl methyl sites for hydroxylation is 1. The number of alkyl halides is 3. The lowest BCUT2D eigenvalue weighted by molar-refractivity contribution is -0.141. The summed E-state index contributed by atoms with van der Waals surface area (Å²) in [6, 6.07) is 6.58. The normalized spacial score (nSPS) is 11.4. The molecule has 1 aromatic carbocycles. The molecule has 3 nitrogen and oxygen atoms in total. The predicted molar refractivity (Wildman–Crippen MR) is 70.8 cm³/mol. The van der Waals surface area contributed by atoms with Gasteiger partial charge in [-0.05, 0) is 19.1 Å². The van der Waals surface area contributed by atoms with E-state index in [-0.39, 0.29) is 16.7 Å². The van der Waals surface area contributed by atoms with Gasteiger partial charge < -0.3 is 0 Å². The Labute approximate surface area is 121 Å². The van der Waals surface area contributed by atoms with Gasteiger partial charge in [0.1, 0.15) is 0 Å². The van der Waals surface area contributed by atoms with E-state index in [9.17, 15) is 13.2 Å². The topological polar surface area (TPSA) is 41.6 Å². The standard InChI is InChI=1S/C13H9BrF3N3/c1-2-20-7-9(12(19-20)13(15,16)17)11-8(6-18)4-3-5-10(11)14/h3-5,7H,2H2,1H3. The Morgan fingerprint density at radius 3 is 2.65 bits per heavy atom. The Hall–Kier alpha value is -1.81. The Bertz CT molecular complexity index is 683. The summed E-state index contributed by atoms with van der Waals surface area (Å²) >= 11 is 3.20. The van der Waals surface area contributed by atoms with Crippen molar-refractivity contribution >= 4 is 15.9 Å². The van der Waals surface area contributed by atoms with E-state index in [1.807, 2.05) is 6.07 Å². The summed E-state index contributed by atoms with van der Waals surface area (Å²) in [5.41, 5.74) is -0.700. The number of halogens is 4. The molecule has 104 valence electrons. The molecule has 0 amide bonds. The Morgan fingerprint density at radius 1 is 1.40 bits per heavy atom. The third-order valence-electron chi connectivity index (χ3n) is 2.76. The van der Waals surface area contributed by atoms with Crippen molar-refractivity contribution in [1.29, 1.82) is 5.26 Å². The van der Waals surface area contributed by atoms with Crippen LogP contribution in [0.4, 0.5) is 13.2 Å². The van der Waals surface area contributed by atoms with E-state index in [4.69, 9.17) is 5.26 Å². The molecule has 1 heterocycles. The fourth-order valence-electron chi connectivity index (χ4n) is 1.87. The zero-order valence-corrected chi connectivity index (χ0v) is 12.0. The lowest BCUT2D eigenvalue weighted by Gasteiger charge is -2.09. The average molecular weight is 344 g/mol. The second-order valence-electron chi connectivity index (χ2n) is 4.02. The Kier molecular flexibility index (Phi) is 3.86. The second kappa shape index (κ2) is 5.29. The first kappa shape index (κ1) is 14.6. The van der Waals surface area contributed by atoms with Crippen LogP contribution >= 0.6 is 15.9 Å². The van der Waals surface area contributed by atoms with Crippen molar-refractivity contribution < 1.29 is 13.2 Å². The molecular weight excluding hydrogens is 335 g/mol. The largest absolute Gasteiger partial charge is 0.435 e. The van der Waals surface area contributed by atoms with Crippen LogP contribution in [0.2, 0.25) is 0 Å². The molecule has 7 heteroatoms. The molecule has 0 saturated heterocycles. The Balaban J connectivity index is 2.77. The van der Waals surface area contributed by atoms with E-state index < -0.39 is 11.9 Å². The van der Waals surface area contributed by atoms with Gasteiger partial charge in [-0.2, -0.15) is 23.5 Å². The highest BCUT2D eigenvalue weighted by Crippen LogP contribution is 2.40. The lowest BCUT2D eigenvalue weighted by Crippen LogP contribution is -2.09. The van der Waals surface area contributed by atoms with Crippen LogP contribution in [0.25, 0.3) is 11.1 Å². The van der Waals surface area contributed by atoms with Gasteiger partial charge in [-0.15, -0.1) is 0 Å². The van der Waals surface area contributed by atoms with Crippen LogP contribution in [0.1, 0.15) is 18.2 Å². The van der Waals surface area contributed by atoms with E-state index in [1.54, 1.807) is 19.1 Å². The van der Waals surface area contributed by atoms with Crippen LogP contribution in [0.5, 0.6) is 0 Å². The third-order valence-corrected chi connectivity index (χ3v) is 3.42. The van der Waals surface area contributed by atoms with Crippen molar-refractivity contribution in [2.75, 3.05) is 0 Å². The number of hydrogen-bond donors (Lipinski definition) is 0. The summed E-state index contributed by atoms with van der Waals surface area (Å²) < 4.78 is 40.9. The van der Waals surface area contributed by atoms with Crippen LogP contribution < -0.4 is 0 Å². The summed E-state index contributed by atoms with van der Waals surface area (Å²) in [5, 5.41) is 12.6. The van der Waals surface area contributed by atoms with Gasteiger partial charge in [-0.1, -0.05) is 22.0 Å². The first-order valence-electron chi connectivity index (χ1n) is 5.72. The maximum Gasteiger partial charge on any atom is 0.435 e. The maximum atomic E-state index is 13.1. The summed E-state index contributed by atoms with van der Waals surface area (Å²) in [6.45, 7) is 2.01. The van der Waals surface area contributed by atoms with E-state index in [0.29, 0.717) is 11.0 Å². The number of rotatable bonds is 2. The van der Waals surface area contributed by atoms with Crippen LogP contribution in [0.3, 0.4) is 0 Å². The van der Waals surface area contributed by atoms with Gasteiger partial charge in [0.05, 0.1) is 11.6 Å². The average Bonchev–Trinajstić information content (AvgIpc) is 2.82. The molecule has 0 spiro atoms. The number of aromatic nitrogens is 2. The molecule has 0 unspecified atom stereocenters. The minimum atomic E-state index is -4.57. The predicted octanol–water partition coefficient (Wildman–Crippen LogP) is 4.22. The molecule has 0 bridgehead atoms. The third kappa shape index (κ3) is 2.56. The zero-order chi connectivity index (χ0) is 14.9. The minimum Gasteiger partial charge on any atom is -0.272 e. The van der Waals surface area contributed by atoms with Gasteiger partial charge in [-0.25, -0.2) is 0 Å². The first-order chi connectivity index (χ1) is 9.38. The van der Waals surface area contributed by atoms with Gasteiger partial charge in [0.15, 0.2) is 5.69 Å². The van der Waals surface area contributed by atoms with Crippen LogP contribution in [-0.2, 0) is 12.7 Å². The zero-order valence-electron chi connectivity index (χ0n) is 10.4. The fourth-order valence-corrected chi connectivity index (χ4v) is 2.45. The van der Waals surface area contributed by atoms with Crippen molar-refractivity contribution in [2.24, 2.45) is 0 Å². The van der Waals surface area contributed by atoms with E-state index >= 15 is 0 Å². The molecule has 0 atom stereocenters. The molecule has 1 aromatic heterocycles. The van der Waals surface area contributed by atoms with Gasteiger partial charge in [0.25, 0.3) is 0 Å². The van der Waals surface area contributed by atoms with Crippen molar-refractivity contribution in [1.82, 2.24) is 9.78 Å². The Morgan fingerprint density at radius 2 is 2.10 bits per heavy atom. The van der Waals surface area contributed by atoms with Gasteiger partial charge >= 0.3 is 6.18 Å². The highest BCUT2D eigenvalue weighted by molar-refractivity contribution is 9.10. The fraction of sp³-hybridized carbons (Fsp3) is 0.231. The molecule has 0 aliphatic heterocycles. The van der Waals surface area contributed by atoms with Gasteiger partial charge in [-0.3, -0.25) is 4.68 Å². The van der Waals surface area contributed by atoms with Crippen molar-refractivity contribution in [2.45, 2.75) is 19.6 Å². The highest BCUT2D eigenvalue weighted by Gasteiger charge is 2.38. The van der Waals surface area contributed by atoms with E-state index in [0.717, 1.165) is 0 Å². The molecule has 0 fully saturated rings. The van der Waals surface area contributed by atoms with Crippen LogP contribution in [-0.4, -0.2) is 9.78 Å². The van der Waals surface area contributed by atoms with Crippen LogP contribution in [0.15, 0.2) is 28.9 Å². The molecule has 0 aliphatic rings. The summed E-state index contributed by atoms with van der Waals surface area (Å²) in [5.74, 6) is 0. The second-order valence-corrected chi connectivity index (χ2v) is 4.87. The quantitative estimate of drug-likeness (QED) is 0.818. The van der Waals surface area contributed by atoms with Crippen molar-refractivity contribution in [3.05, 3.63) is 40.1 Å². The molecule has 0 saturated carbocycles.